The van der Waals surface area contributed by atoms with Gasteiger partial charge in [0.1, 0.15) is 18.1 Å². The summed E-state index contributed by atoms with van der Waals surface area (Å²) in [6.45, 7) is 1.75. The van der Waals surface area contributed by atoms with Gasteiger partial charge in [0.15, 0.2) is 0 Å². The molecule has 2 heterocycles. The molecule has 35 heavy (non-hydrogen) atoms. The summed E-state index contributed by atoms with van der Waals surface area (Å²) in [6, 6.07) is 16.7. The van der Waals surface area contributed by atoms with Gasteiger partial charge in [0.05, 0.1) is 16.9 Å². The zero-order valence-electron chi connectivity index (χ0n) is 18.6. The highest BCUT2D eigenvalue weighted by Crippen LogP contribution is 2.37. The summed E-state index contributed by atoms with van der Waals surface area (Å²) in [5, 5.41) is 3.30. The molecule has 9 heteroatoms. The van der Waals surface area contributed by atoms with Crippen molar-refractivity contribution in [1.82, 2.24) is 9.36 Å². The molecule has 1 aromatic heterocycles. The Balaban J connectivity index is 1.57. The maximum absolute atomic E-state index is 14.2. The van der Waals surface area contributed by atoms with Crippen LogP contribution in [0.4, 0.5) is 10.1 Å². The summed E-state index contributed by atoms with van der Waals surface area (Å²) < 4.78 is 23.2. The number of rotatable bonds is 5. The number of carbonyl (C=O) groups excluding carboxylic acids is 1. The Morgan fingerprint density at radius 2 is 1.77 bits per heavy atom. The van der Waals surface area contributed by atoms with E-state index >= 15 is 0 Å². The molecular formula is C26H20Cl2FN3O3. The predicted molar refractivity (Wildman–Crippen MR) is 134 cm³/mol. The van der Waals surface area contributed by atoms with Gasteiger partial charge >= 0.3 is 0 Å². The first-order valence-electron chi connectivity index (χ1n) is 11.0. The lowest BCUT2D eigenvalue weighted by Gasteiger charge is -2.20. The van der Waals surface area contributed by atoms with E-state index in [4.69, 9.17) is 27.9 Å². The van der Waals surface area contributed by atoms with E-state index in [1.807, 2.05) is 31.2 Å². The number of aromatic nitrogens is 2. The molecule has 0 unspecified atom stereocenters. The second-order valence-electron chi connectivity index (χ2n) is 8.18. The van der Waals surface area contributed by atoms with Crippen molar-refractivity contribution in [3.63, 3.8) is 0 Å². The number of halogens is 3. The lowest BCUT2D eigenvalue weighted by molar-refractivity contribution is -0.117. The second kappa shape index (κ2) is 9.24. The van der Waals surface area contributed by atoms with Gasteiger partial charge in [-0.1, -0.05) is 42.3 Å². The average Bonchev–Trinajstić information content (AvgIpc) is 3.10. The van der Waals surface area contributed by atoms with Crippen LogP contribution in [-0.2, 0) is 24.2 Å². The Labute approximate surface area is 210 Å². The fourth-order valence-electron chi connectivity index (χ4n) is 4.11. The van der Waals surface area contributed by atoms with Crippen molar-refractivity contribution in [2.75, 3.05) is 5.32 Å². The Kier molecular flexibility index (Phi) is 6.13. The number of carbonyl (C=O) groups is 1. The highest BCUT2D eigenvalue weighted by molar-refractivity contribution is 6.31. The molecule has 4 aromatic rings. The zero-order chi connectivity index (χ0) is 24.7. The molecule has 1 amide bonds. The first-order valence-corrected chi connectivity index (χ1v) is 11.7. The van der Waals surface area contributed by atoms with Crippen LogP contribution in [0.15, 0.2) is 65.5 Å². The van der Waals surface area contributed by atoms with Crippen LogP contribution in [0.25, 0.3) is 5.69 Å². The fraction of sp³-hybridized carbons (Fsp3) is 0.154. The lowest BCUT2D eigenvalue weighted by Crippen LogP contribution is -2.27. The van der Waals surface area contributed by atoms with Crippen LogP contribution >= 0.6 is 23.2 Å². The van der Waals surface area contributed by atoms with Crippen LogP contribution < -0.4 is 15.6 Å². The summed E-state index contributed by atoms with van der Waals surface area (Å²) in [4.78, 5) is 26.5. The molecule has 6 nitrogen and oxygen atoms in total. The molecule has 0 saturated carbocycles. The molecule has 1 aliphatic heterocycles. The molecule has 5 rings (SSSR count). The Bertz CT molecular complexity index is 1510. The third-order valence-electron chi connectivity index (χ3n) is 5.87. The van der Waals surface area contributed by atoms with Gasteiger partial charge in [0.2, 0.25) is 11.8 Å². The van der Waals surface area contributed by atoms with Crippen molar-refractivity contribution < 1.29 is 13.9 Å². The first kappa shape index (κ1) is 23.2. The van der Waals surface area contributed by atoms with Gasteiger partial charge in [0.25, 0.3) is 5.56 Å². The van der Waals surface area contributed by atoms with Crippen molar-refractivity contribution >= 4 is 34.8 Å². The first-order chi connectivity index (χ1) is 16.8. The maximum atomic E-state index is 14.2. The molecule has 1 N–H and O–H groups in total. The van der Waals surface area contributed by atoms with Crippen LogP contribution in [0.1, 0.15) is 23.6 Å². The van der Waals surface area contributed by atoms with Crippen molar-refractivity contribution in [3.8, 4) is 17.3 Å². The van der Waals surface area contributed by atoms with Crippen molar-refractivity contribution in [2.45, 2.75) is 26.3 Å². The summed E-state index contributed by atoms with van der Waals surface area (Å²) >= 11 is 11.9. The van der Waals surface area contributed by atoms with E-state index in [9.17, 15) is 14.0 Å². The van der Waals surface area contributed by atoms with E-state index in [-0.39, 0.29) is 28.7 Å². The standard InChI is InChI=1S/C26H20Cl2FN3O3/c1-2-15-3-7-19(8-4-15)32-25(34)20-12-16-11-17(27)6-10-23(16)35-26(20)31(32)14-24(33)30-22-9-5-18(28)13-21(22)29/h3-11,13H,2,12,14H2,1H3,(H,30,33). The number of hydrogen-bond donors (Lipinski definition) is 1. The summed E-state index contributed by atoms with van der Waals surface area (Å²) in [5.41, 5.74) is 2.56. The van der Waals surface area contributed by atoms with E-state index in [0.717, 1.165) is 23.6 Å². The smallest absolute Gasteiger partial charge is 0.278 e. The fourth-order valence-corrected chi connectivity index (χ4v) is 4.46. The molecule has 0 aliphatic carbocycles. The lowest BCUT2D eigenvalue weighted by atomic mass is 10.0. The minimum absolute atomic E-state index is 0.0116. The molecule has 0 saturated heterocycles. The average molecular weight is 512 g/mol. The van der Waals surface area contributed by atoms with Crippen LogP contribution in [0.5, 0.6) is 11.6 Å². The summed E-state index contributed by atoms with van der Waals surface area (Å²) in [7, 11) is 0. The number of ether oxygens (including phenoxy) is 1. The number of fused-ring (bicyclic) bond motifs is 2. The topological polar surface area (TPSA) is 65.3 Å². The van der Waals surface area contributed by atoms with Gasteiger partial charge < -0.3 is 10.1 Å². The highest BCUT2D eigenvalue weighted by Gasteiger charge is 2.29. The Hall–Kier alpha value is -3.55. The molecule has 0 atom stereocenters. The van der Waals surface area contributed by atoms with E-state index in [1.165, 1.54) is 21.5 Å². The van der Waals surface area contributed by atoms with Crippen molar-refractivity contribution in [1.29, 1.82) is 0 Å². The quantitative estimate of drug-likeness (QED) is 0.315. The van der Waals surface area contributed by atoms with E-state index < -0.39 is 11.7 Å². The molecule has 3 aromatic carbocycles. The van der Waals surface area contributed by atoms with Gasteiger partial charge in [-0.25, -0.2) is 13.8 Å². The van der Waals surface area contributed by atoms with E-state index in [2.05, 4.69) is 5.32 Å². The third-order valence-corrected chi connectivity index (χ3v) is 6.34. The monoisotopic (exact) mass is 511 g/mol. The molecule has 1 aliphatic rings. The number of amides is 1. The van der Waals surface area contributed by atoms with Gasteiger partial charge in [-0.15, -0.1) is 0 Å². The number of nitrogens with zero attached hydrogens (tertiary/aromatic N) is 2. The number of hydrogen-bond acceptors (Lipinski definition) is 3. The van der Waals surface area contributed by atoms with Crippen molar-refractivity contribution in [2.24, 2.45) is 0 Å². The van der Waals surface area contributed by atoms with Crippen LogP contribution in [-0.4, -0.2) is 15.3 Å². The molecule has 0 bridgehead atoms. The number of anilines is 1. The van der Waals surface area contributed by atoms with Crippen LogP contribution in [0.3, 0.4) is 0 Å². The molecule has 0 radical (unpaired) electrons. The van der Waals surface area contributed by atoms with E-state index in [0.29, 0.717) is 28.4 Å². The normalized spacial score (nSPS) is 12.0. The second-order valence-corrected chi connectivity index (χ2v) is 9.05. The van der Waals surface area contributed by atoms with Crippen LogP contribution in [0, 0.1) is 5.82 Å². The number of nitrogens with one attached hydrogen (secondary N) is 1. The highest BCUT2D eigenvalue weighted by atomic mass is 35.5. The van der Waals surface area contributed by atoms with Crippen LogP contribution in [0.2, 0.25) is 10.0 Å². The Morgan fingerprint density at radius 1 is 1.06 bits per heavy atom. The zero-order valence-corrected chi connectivity index (χ0v) is 20.2. The summed E-state index contributed by atoms with van der Waals surface area (Å²) in [6.07, 6.45) is 1.15. The largest absolute Gasteiger partial charge is 0.439 e. The Morgan fingerprint density at radius 3 is 2.49 bits per heavy atom. The van der Waals surface area contributed by atoms with Gasteiger partial charge in [-0.05, 0) is 60.5 Å². The van der Waals surface area contributed by atoms with Gasteiger partial charge in [0, 0.05) is 22.0 Å². The minimum atomic E-state index is -0.657. The third kappa shape index (κ3) is 4.45. The minimum Gasteiger partial charge on any atom is -0.439 e. The van der Waals surface area contributed by atoms with Gasteiger partial charge in [-0.3, -0.25) is 9.59 Å². The molecule has 0 spiro atoms. The van der Waals surface area contributed by atoms with Crippen molar-refractivity contribution in [3.05, 3.63) is 104 Å². The predicted octanol–water partition coefficient (Wildman–Crippen LogP) is 5.98. The SMILES string of the molecule is CCc1ccc(-n2c(=O)c3c(n2CC(=O)Nc2ccc(Cl)cc2F)Oc2ccc(Cl)cc2C3)cc1. The van der Waals surface area contributed by atoms with E-state index in [1.54, 1.807) is 18.2 Å². The number of aryl methyl sites for hydroxylation is 1. The molecule has 0 fully saturated rings. The van der Waals surface area contributed by atoms with Gasteiger partial charge in [-0.2, -0.15) is 0 Å². The number of benzene rings is 3. The summed E-state index contributed by atoms with van der Waals surface area (Å²) in [5.74, 6) is -0.377. The maximum Gasteiger partial charge on any atom is 0.278 e. The molecule has 178 valence electrons. The molecular weight excluding hydrogens is 492 g/mol.